The number of aryl methyl sites for hydroxylation is 1. The van der Waals surface area contributed by atoms with Gasteiger partial charge in [0.25, 0.3) is 0 Å². The quantitative estimate of drug-likeness (QED) is 0.820. The Morgan fingerprint density at radius 2 is 2.21 bits per heavy atom. The van der Waals surface area contributed by atoms with E-state index in [0.29, 0.717) is 12.0 Å². The van der Waals surface area contributed by atoms with E-state index in [0.717, 1.165) is 36.4 Å². The van der Waals surface area contributed by atoms with Crippen molar-refractivity contribution in [2.75, 3.05) is 30.7 Å². The summed E-state index contributed by atoms with van der Waals surface area (Å²) in [6.45, 7) is 8.89. The van der Waals surface area contributed by atoms with Crippen molar-refractivity contribution in [2.45, 2.75) is 27.2 Å². The van der Waals surface area contributed by atoms with Crippen molar-refractivity contribution >= 4 is 17.3 Å². The number of hydrogen-bond acceptors (Lipinski definition) is 3. The zero-order chi connectivity index (χ0) is 14.0. The Morgan fingerprint density at radius 3 is 2.79 bits per heavy atom. The minimum Gasteiger partial charge on any atom is -0.399 e. The van der Waals surface area contributed by atoms with Crippen molar-refractivity contribution in [3.05, 3.63) is 23.8 Å². The molecule has 4 heteroatoms. The fourth-order valence-corrected chi connectivity index (χ4v) is 2.58. The Labute approximate surface area is 115 Å². The third kappa shape index (κ3) is 3.70. The fraction of sp³-hybridized carbons (Fsp3) is 0.533. The number of nitrogens with two attached hydrogens (primary N) is 1. The summed E-state index contributed by atoms with van der Waals surface area (Å²) in [6.07, 6.45) is 1.15. The van der Waals surface area contributed by atoms with Crippen LogP contribution >= 0.6 is 0 Å². The molecule has 3 N–H and O–H groups in total. The first kappa shape index (κ1) is 13.9. The summed E-state index contributed by atoms with van der Waals surface area (Å²) in [6, 6.07) is 5.53. The first-order chi connectivity index (χ1) is 8.85. The molecule has 104 valence electrons. The lowest BCUT2D eigenvalue weighted by atomic mass is 9.93. The first-order valence-electron chi connectivity index (χ1n) is 6.74. The van der Waals surface area contributed by atoms with E-state index in [1.807, 2.05) is 25.1 Å². The van der Waals surface area contributed by atoms with Crippen LogP contribution in [-0.4, -0.2) is 30.4 Å². The summed E-state index contributed by atoms with van der Waals surface area (Å²) >= 11 is 0. The maximum Gasteiger partial charge on any atom is 0.238 e. The summed E-state index contributed by atoms with van der Waals surface area (Å²) < 4.78 is 0. The molecule has 0 atom stereocenters. The third-order valence-corrected chi connectivity index (χ3v) is 3.65. The van der Waals surface area contributed by atoms with Crippen LogP contribution in [0.25, 0.3) is 0 Å². The van der Waals surface area contributed by atoms with E-state index < -0.39 is 0 Å². The SMILES string of the molecule is Cc1cc(N)ccc1NC(=O)CN1CCC(C)(C)C1. The molecule has 2 rings (SSSR count). The molecular formula is C15H23N3O. The molecule has 0 unspecified atom stereocenters. The predicted molar refractivity (Wildman–Crippen MR) is 79.1 cm³/mol. The normalized spacial score (nSPS) is 18.5. The highest BCUT2D eigenvalue weighted by Crippen LogP contribution is 2.28. The Morgan fingerprint density at radius 1 is 1.47 bits per heavy atom. The maximum atomic E-state index is 12.0. The molecular weight excluding hydrogens is 238 g/mol. The number of carbonyl (C=O) groups excluding carboxylic acids is 1. The lowest BCUT2D eigenvalue weighted by molar-refractivity contribution is -0.117. The molecule has 1 fully saturated rings. The van der Waals surface area contributed by atoms with E-state index in [9.17, 15) is 4.79 Å². The van der Waals surface area contributed by atoms with Gasteiger partial charge in [0.05, 0.1) is 6.54 Å². The van der Waals surface area contributed by atoms with Gasteiger partial charge < -0.3 is 11.1 Å². The minimum atomic E-state index is 0.0468. The molecule has 0 bridgehead atoms. The van der Waals surface area contributed by atoms with Crippen molar-refractivity contribution < 1.29 is 4.79 Å². The van der Waals surface area contributed by atoms with Crippen LogP contribution in [0.3, 0.4) is 0 Å². The molecule has 1 aromatic rings. The van der Waals surface area contributed by atoms with Crippen LogP contribution in [0.5, 0.6) is 0 Å². The predicted octanol–water partition coefficient (Wildman–Crippen LogP) is 2.25. The van der Waals surface area contributed by atoms with E-state index in [-0.39, 0.29) is 5.91 Å². The number of amides is 1. The van der Waals surface area contributed by atoms with Crippen molar-refractivity contribution in [1.29, 1.82) is 0 Å². The third-order valence-electron chi connectivity index (χ3n) is 3.65. The summed E-state index contributed by atoms with van der Waals surface area (Å²) in [7, 11) is 0. The largest absolute Gasteiger partial charge is 0.399 e. The molecule has 1 saturated heterocycles. The number of carbonyl (C=O) groups is 1. The number of likely N-dealkylation sites (tertiary alicyclic amines) is 1. The molecule has 1 aliphatic heterocycles. The number of rotatable bonds is 3. The van der Waals surface area contributed by atoms with Crippen molar-refractivity contribution in [3.63, 3.8) is 0 Å². The molecule has 1 aliphatic rings. The van der Waals surface area contributed by atoms with Gasteiger partial charge in [-0.1, -0.05) is 13.8 Å². The van der Waals surface area contributed by atoms with Crippen LogP contribution in [0.1, 0.15) is 25.8 Å². The standard InChI is InChI=1S/C15H23N3O/c1-11-8-12(16)4-5-13(11)17-14(19)9-18-7-6-15(2,3)10-18/h4-5,8H,6-7,9-10,16H2,1-3H3,(H,17,19). The molecule has 1 amide bonds. The summed E-state index contributed by atoms with van der Waals surface area (Å²) in [5.74, 6) is 0.0468. The average Bonchev–Trinajstić information content (AvgIpc) is 2.62. The van der Waals surface area contributed by atoms with Crippen LogP contribution in [0.4, 0.5) is 11.4 Å². The van der Waals surface area contributed by atoms with Gasteiger partial charge in [-0.25, -0.2) is 0 Å². The van der Waals surface area contributed by atoms with Gasteiger partial charge in [-0.05, 0) is 49.1 Å². The molecule has 4 nitrogen and oxygen atoms in total. The van der Waals surface area contributed by atoms with Crippen LogP contribution < -0.4 is 11.1 Å². The van der Waals surface area contributed by atoms with Crippen LogP contribution in [0.2, 0.25) is 0 Å². The minimum absolute atomic E-state index is 0.0468. The average molecular weight is 261 g/mol. The van der Waals surface area contributed by atoms with E-state index >= 15 is 0 Å². The topological polar surface area (TPSA) is 58.4 Å². The van der Waals surface area contributed by atoms with E-state index in [1.165, 1.54) is 0 Å². The molecule has 0 radical (unpaired) electrons. The number of hydrogen-bond donors (Lipinski definition) is 2. The highest BCUT2D eigenvalue weighted by atomic mass is 16.2. The lowest BCUT2D eigenvalue weighted by Gasteiger charge is -2.19. The van der Waals surface area contributed by atoms with Crippen LogP contribution in [-0.2, 0) is 4.79 Å². The molecule has 19 heavy (non-hydrogen) atoms. The Hall–Kier alpha value is -1.55. The fourth-order valence-electron chi connectivity index (χ4n) is 2.58. The second-order valence-electron chi connectivity index (χ2n) is 6.25. The van der Waals surface area contributed by atoms with Crippen LogP contribution in [0.15, 0.2) is 18.2 Å². The Bertz CT molecular complexity index is 482. The second-order valence-corrected chi connectivity index (χ2v) is 6.25. The second kappa shape index (κ2) is 5.21. The van der Waals surface area contributed by atoms with Crippen molar-refractivity contribution in [2.24, 2.45) is 5.41 Å². The monoisotopic (exact) mass is 261 g/mol. The highest BCUT2D eigenvalue weighted by molar-refractivity contribution is 5.93. The number of nitrogens with zero attached hydrogens (tertiary/aromatic N) is 1. The summed E-state index contributed by atoms with van der Waals surface area (Å²) in [5, 5.41) is 2.96. The lowest BCUT2D eigenvalue weighted by Crippen LogP contribution is -2.32. The molecule has 0 spiro atoms. The number of nitrogen functional groups attached to an aromatic ring is 1. The zero-order valence-electron chi connectivity index (χ0n) is 12.0. The molecule has 0 aliphatic carbocycles. The number of benzene rings is 1. The van der Waals surface area contributed by atoms with E-state index in [2.05, 4.69) is 24.1 Å². The highest BCUT2D eigenvalue weighted by Gasteiger charge is 2.29. The van der Waals surface area contributed by atoms with Gasteiger partial charge in [-0.15, -0.1) is 0 Å². The molecule has 0 saturated carbocycles. The Balaban J connectivity index is 1.91. The zero-order valence-corrected chi connectivity index (χ0v) is 12.0. The first-order valence-corrected chi connectivity index (χ1v) is 6.74. The van der Waals surface area contributed by atoms with Gasteiger partial charge in [0.2, 0.25) is 5.91 Å². The summed E-state index contributed by atoms with van der Waals surface area (Å²) in [4.78, 5) is 14.2. The van der Waals surface area contributed by atoms with Gasteiger partial charge in [-0.3, -0.25) is 9.69 Å². The number of anilines is 2. The number of nitrogens with one attached hydrogen (secondary N) is 1. The molecule has 0 aromatic heterocycles. The Kier molecular flexibility index (Phi) is 3.80. The van der Waals surface area contributed by atoms with Crippen molar-refractivity contribution in [1.82, 2.24) is 4.90 Å². The summed E-state index contributed by atoms with van der Waals surface area (Å²) in [5.41, 5.74) is 8.59. The van der Waals surface area contributed by atoms with Crippen molar-refractivity contribution in [3.8, 4) is 0 Å². The van der Waals surface area contributed by atoms with Gasteiger partial charge >= 0.3 is 0 Å². The molecule has 1 heterocycles. The molecule has 1 aromatic carbocycles. The smallest absolute Gasteiger partial charge is 0.238 e. The van der Waals surface area contributed by atoms with Gasteiger partial charge in [-0.2, -0.15) is 0 Å². The van der Waals surface area contributed by atoms with Crippen LogP contribution in [0, 0.1) is 12.3 Å². The maximum absolute atomic E-state index is 12.0. The van der Waals surface area contributed by atoms with Gasteiger partial charge in [0.15, 0.2) is 0 Å². The van der Waals surface area contributed by atoms with Gasteiger partial charge in [0, 0.05) is 17.9 Å². The van der Waals surface area contributed by atoms with E-state index in [4.69, 9.17) is 5.73 Å². The van der Waals surface area contributed by atoms with E-state index in [1.54, 1.807) is 0 Å². The van der Waals surface area contributed by atoms with Gasteiger partial charge in [0.1, 0.15) is 0 Å².